The lowest BCUT2D eigenvalue weighted by Gasteiger charge is -2.21. The van der Waals surface area contributed by atoms with Gasteiger partial charge in [-0.2, -0.15) is 8.78 Å². The van der Waals surface area contributed by atoms with Gasteiger partial charge in [0.25, 0.3) is 0 Å². The number of ether oxygens (including phenoxy) is 1. The summed E-state index contributed by atoms with van der Waals surface area (Å²) in [4.78, 5) is 0. The molecule has 0 N–H and O–H groups in total. The van der Waals surface area contributed by atoms with Crippen LogP contribution in [0.25, 0.3) is 22.3 Å². The van der Waals surface area contributed by atoms with Gasteiger partial charge in [-0.1, -0.05) is 42.8 Å². The van der Waals surface area contributed by atoms with Gasteiger partial charge in [-0.3, -0.25) is 0 Å². The SMILES string of the molecule is CCc1ccc(-c2cc(F)c(C(F)(F)Oc3ccc(-c4cc(F)c(F)c(F)c4)c(F)c3)c(Cl)c2)cc1. The van der Waals surface area contributed by atoms with Crippen LogP contribution in [0.5, 0.6) is 5.75 Å². The van der Waals surface area contributed by atoms with Crippen LogP contribution >= 0.6 is 11.6 Å². The quantitative estimate of drug-likeness (QED) is 0.180. The van der Waals surface area contributed by atoms with E-state index < -0.39 is 57.1 Å². The van der Waals surface area contributed by atoms with Gasteiger partial charge in [0.05, 0.1) is 5.02 Å². The van der Waals surface area contributed by atoms with Crippen LogP contribution in [0.4, 0.5) is 30.7 Å². The molecule has 36 heavy (non-hydrogen) atoms. The topological polar surface area (TPSA) is 9.23 Å². The smallest absolute Gasteiger partial charge is 0.429 e. The molecule has 0 aliphatic carbocycles. The van der Waals surface area contributed by atoms with Gasteiger partial charge in [-0.05, 0) is 65.1 Å². The number of hydrogen-bond donors (Lipinski definition) is 0. The predicted octanol–water partition coefficient (Wildman–Crippen LogP) is 9.06. The van der Waals surface area contributed by atoms with Crippen LogP contribution in [-0.4, -0.2) is 0 Å². The van der Waals surface area contributed by atoms with E-state index in [9.17, 15) is 30.7 Å². The zero-order valence-electron chi connectivity index (χ0n) is 18.5. The number of aryl methyl sites for hydroxylation is 1. The van der Waals surface area contributed by atoms with E-state index in [1.165, 1.54) is 6.07 Å². The van der Waals surface area contributed by atoms with Gasteiger partial charge in [0.15, 0.2) is 17.5 Å². The average Bonchev–Trinajstić information content (AvgIpc) is 2.81. The molecule has 4 rings (SSSR count). The molecule has 9 heteroatoms. The molecule has 0 saturated heterocycles. The molecule has 0 saturated carbocycles. The molecule has 0 bridgehead atoms. The van der Waals surface area contributed by atoms with Gasteiger partial charge in [-0.15, -0.1) is 0 Å². The Balaban J connectivity index is 1.63. The molecule has 0 heterocycles. The third-order valence-electron chi connectivity index (χ3n) is 5.51. The molecule has 4 aromatic carbocycles. The zero-order chi connectivity index (χ0) is 26.2. The second-order valence-corrected chi connectivity index (χ2v) is 8.29. The van der Waals surface area contributed by atoms with Gasteiger partial charge in [0.1, 0.15) is 22.9 Å². The Kier molecular flexibility index (Phi) is 7.00. The molecule has 1 nitrogen and oxygen atoms in total. The van der Waals surface area contributed by atoms with Crippen LogP contribution in [0.2, 0.25) is 5.02 Å². The first-order valence-corrected chi connectivity index (χ1v) is 11.0. The van der Waals surface area contributed by atoms with E-state index in [-0.39, 0.29) is 11.1 Å². The van der Waals surface area contributed by atoms with Crippen LogP contribution < -0.4 is 4.74 Å². The van der Waals surface area contributed by atoms with Gasteiger partial charge >= 0.3 is 6.11 Å². The molecule has 0 fully saturated rings. The van der Waals surface area contributed by atoms with Crippen molar-refractivity contribution in [1.82, 2.24) is 0 Å². The first-order valence-electron chi connectivity index (χ1n) is 10.6. The van der Waals surface area contributed by atoms with Gasteiger partial charge < -0.3 is 4.74 Å². The summed E-state index contributed by atoms with van der Waals surface area (Å²) in [5, 5.41) is -0.607. The number of benzene rings is 4. The third kappa shape index (κ3) is 5.04. The molecule has 0 atom stereocenters. The van der Waals surface area contributed by atoms with E-state index >= 15 is 0 Å². The summed E-state index contributed by atoms with van der Waals surface area (Å²) in [7, 11) is 0. The highest BCUT2D eigenvalue weighted by atomic mass is 35.5. The summed E-state index contributed by atoms with van der Waals surface area (Å²) in [5.74, 6) is -8.07. The van der Waals surface area contributed by atoms with Crippen molar-refractivity contribution in [2.75, 3.05) is 0 Å². The van der Waals surface area contributed by atoms with Crippen molar-refractivity contribution in [2.24, 2.45) is 0 Å². The molecule has 0 aliphatic heterocycles. The lowest BCUT2D eigenvalue weighted by molar-refractivity contribution is -0.187. The summed E-state index contributed by atoms with van der Waals surface area (Å²) < 4.78 is 104. The van der Waals surface area contributed by atoms with Gasteiger partial charge in [0, 0.05) is 11.6 Å². The van der Waals surface area contributed by atoms with Gasteiger partial charge in [0.2, 0.25) is 0 Å². The predicted molar refractivity (Wildman–Crippen MR) is 122 cm³/mol. The van der Waals surface area contributed by atoms with Crippen molar-refractivity contribution >= 4 is 11.6 Å². The highest BCUT2D eigenvalue weighted by Gasteiger charge is 2.40. The summed E-state index contributed by atoms with van der Waals surface area (Å²) in [6.45, 7) is 1.96. The zero-order valence-corrected chi connectivity index (χ0v) is 19.2. The van der Waals surface area contributed by atoms with E-state index in [1.807, 2.05) is 19.1 Å². The molecule has 0 aliphatic rings. The first kappa shape index (κ1) is 25.6. The minimum atomic E-state index is -4.30. The Labute approximate surface area is 206 Å². The Morgan fingerprint density at radius 1 is 0.694 bits per heavy atom. The molecular weight excluding hydrogens is 509 g/mol. The molecule has 0 spiro atoms. The molecular formula is C27H16ClF7O. The maximum Gasteiger partial charge on any atom is 0.431 e. The van der Waals surface area contributed by atoms with Crippen molar-refractivity contribution in [1.29, 1.82) is 0 Å². The number of hydrogen-bond acceptors (Lipinski definition) is 1. The third-order valence-corrected chi connectivity index (χ3v) is 5.81. The standard InChI is InChI=1S/C27H16ClF7O/c1-2-14-3-5-15(6-4-14)16-9-20(28)25(22(30)10-16)27(34,35)36-18-7-8-19(21(29)13-18)17-11-23(31)26(33)24(32)12-17/h3-13H,2H2,1H3. The van der Waals surface area contributed by atoms with Crippen LogP contribution in [0.15, 0.2) is 66.7 Å². The van der Waals surface area contributed by atoms with Crippen LogP contribution in [0, 0.1) is 29.1 Å². The Morgan fingerprint density at radius 3 is 1.86 bits per heavy atom. The second kappa shape index (κ2) is 9.85. The summed E-state index contributed by atoms with van der Waals surface area (Å²) in [6, 6.07) is 12.5. The van der Waals surface area contributed by atoms with E-state index in [4.69, 9.17) is 11.6 Å². The Hall–Kier alpha value is -3.52. The van der Waals surface area contributed by atoms with Gasteiger partial charge in [-0.25, -0.2) is 22.0 Å². The summed E-state index contributed by atoms with van der Waals surface area (Å²) in [6.07, 6.45) is -3.51. The molecule has 4 aromatic rings. The maximum atomic E-state index is 14.9. The monoisotopic (exact) mass is 524 g/mol. The molecule has 186 valence electrons. The molecule has 0 aromatic heterocycles. The lowest BCUT2D eigenvalue weighted by Crippen LogP contribution is -2.24. The van der Waals surface area contributed by atoms with E-state index in [0.717, 1.165) is 30.2 Å². The van der Waals surface area contributed by atoms with E-state index in [1.54, 1.807) is 12.1 Å². The first-order chi connectivity index (χ1) is 17.0. The largest absolute Gasteiger partial charge is 0.431 e. The fourth-order valence-electron chi connectivity index (χ4n) is 3.65. The summed E-state index contributed by atoms with van der Waals surface area (Å²) >= 11 is 6.00. The highest BCUT2D eigenvalue weighted by Crippen LogP contribution is 2.40. The van der Waals surface area contributed by atoms with Crippen molar-refractivity contribution in [2.45, 2.75) is 19.5 Å². The second-order valence-electron chi connectivity index (χ2n) is 7.88. The lowest BCUT2D eigenvalue weighted by atomic mass is 10.0. The fourth-order valence-corrected chi connectivity index (χ4v) is 3.97. The highest BCUT2D eigenvalue weighted by molar-refractivity contribution is 6.31. The number of halogens is 8. The van der Waals surface area contributed by atoms with Crippen molar-refractivity contribution in [3.63, 3.8) is 0 Å². The fraction of sp³-hybridized carbons (Fsp3) is 0.111. The number of alkyl halides is 2. The van der Waals surface area contributed by atoms with Crippen molar-refractivity contribution < 1.29 is 35.5 Å². The average molecular weight is 525 g/mol. The molecule has 0 amide bonds. The summed E-state index contributed by atoms with van der Waals surface area (Å²) in [5.41, 5.74) is -0.131. The normalized spacial score (nSPS) is 11.6. The minimum absolute atomic E-state index is 0.272. The van der Waals surface area contributed by atoms with Crippen LogP contribution in [0.3, 0.4) is 0 Å². The Morgan fingerprint density at radius 2 is 1.31 bits per heavy atom. The van der Waals surface area contributed by atoms with Crippen LogP contribution in [0.1, 0.15) is 18.1 Å². The maximum absolute atomic E-state index is 14.9. The van der Waals surface area contributed by atoms with Crippen molar-refractivity contribution in [3.8, 4) is 28.0 Å². The number of rotatable bonds is 6. The van der Waals surface area contributed by atoms with E-state index in [2.05, 4.69) is 4.74 Å². The molecule has 0 unspecified atom stereocenters. The van der Waals surface area contributed by atoms with Crippen LogP contribution in [-0.2, 0) is 12.5 Å². The van der Waals surface area contributed by atoms with Crippen molar-refractivity contribution in [3.05, 3.63) is 112 Å². The van der Waals surface area contributed by atoms with E-state index in [0.29, 0.717) is 23.8 Å². The molecule has 0 radical (unpaired) electrons. The minimum Gasteiger partial charge on any atom is -0.429 e. The Bertz CT molecular complexity index is 1390.